The summed E-state index contributed by atoms with van der Waals surface area (Å²) in [5.41, 5.74) is 0.258. The van der Waals surface area contributed by atoms with Crippen molar-refractivity contribution in [2.75, 3.05) is 5.32 Å². The summed E-state index contributed by atoms with van der Waals surface area (Å²) in [6.07, 6.45) is -4.45. The molecule has 0 bridgehead atoms. The van der Waals surface area contributed by atoms with Crippen molar-refractivity contribution in [3.63, 3.8) is 0 Å². The van der Waals surface area contributed by atoms with Crippen LogP contribution in [0, 0.1) is 11.3 Å². The van der Waals surface area contributed by atoms with Crippen molar-refractivity contribution in [1.29, 1.82) is 5.26 Å². The van der Waals surface area contributed by atoms with Gasteiger partial charge in [-0.25, -0.2) is 0 Å². The third kappa shape index (κ3) is 3.49. The Morgan fingerprint density at radius 2 is 1.86 bits per heavy atom. The van der Waals surface area contributed by atoms with Crippen molar-refractivity contribution in [3.8, 4) is 6.07 Å². The molecule has 0 aliphatic heterocycles. The van der Waals surface area contributed by atoms with Gasteiger partial charge in [-0.1, -0.05) is 17.7 Å². The van der Waals surface area contributed by atoms with Crippen LogP contribution in [0.5, 0.6) is 0 Å². The fraction of sp³-hybridized carbons (Fsp3) is 0.0714. The average molecular weight is 376 g/mol. The molecule has 0 heterocycles. The molecular formula is C14H7BrClF3N2. The minimum absolute atomic E-state index is 0.0753. The first-order valence-electron chi connectivity index (χ1n) is 5.65. The minimum atomic E-state index is -4.45. The van der Waals surface area contributed by atoms with Gasteiger partial charge in [0, 0.05) is 4.47 Å². The number of rotatable bonds is 2. The van der Waals surface area contributed by atoms with Crippen LogP contribution in [0.3, 0.4) is 0 Å². The molecule has 0 saturated heterocycles. The summed E-state index contributed by atoms with van der Waals surface area (Å²) in [5, 5.41) is 11.9. The summed E-state index contributed by atoms with van der Waals surface area (Å²) in [6, 6.07) is 10.0. The number of nitrogens with zero attached hydrogens (tertiary/aromatic N) is 1. The van der Waals surface area contributed by atoms with Crippen LogP contribution in [-0.4, -0.2) is 0 Å². The van der Waals surface area contributed by atoms with Gasteiger partial charge in [-0.05, 0) is 46.3 Å². The molecule has 0 fully saturated rings. The van der Waals surface area contributed by atoms with Crippen molar-refractivity contribution < 1.29 is 13.2 Å². The van der Waals surface area contributed by atoms with Crippen molar-refractivity contribution >= 4 is 38.9 Å². The van der Waals surface area contributed by atoms with Crippen LogP contribution in [0.4, 0.5) is 24.5 Å². The second-order valence-electron chi connectivity index (χ2n) is 4.09. The Hall–Kier alpha value is -1.71. The lowest BCUT2D eigenvalue weighted by molar-refractivity contribution is -0.137. The highest BCUT2D eigenvalue weighted by Crippen LogP contribution is 2.35. The second kappa shape index (κ2) is 5.96. The van der Waals surface area contributed by atoms with E-state index in [0.717, 1.165) is 12.1 Å². The number of anilines is 2. The number of alkyl halides is 3. The van der Waals surface area contributed by atoms with Crippen LogP contribution >= 0.6 is 27.5 Å². The molecule has 0 spiro atoms. The molecule has 0 aliphatic rings. The van der Waals surface area contributed by atoms with E-state index in [0.29, 0.717) is 21.4 Å². The lowest BCUT2D eigenvalue weighted by Gasteiger charge is -2.13. The molecule has 2 nitrogen and oxygen atoms in total. The normalized spacial score (nSPS) is 11.0. The number of hydrogen-bond acceptors (Lipinski definition) is 2. The van der Waals surface area contributed by atoms with Crippen LogP contribution in [0.1, 0.15) is 11.1 Å². The Balaban J connectivity index is 2.38. The Morgan fingerprint density at radius 1 is 1.14 bits per heavy atom. The molecule has 0 unspecified atom stereocenters. The topological polar surface area (TPSA) is 35.8 Å². The van der Waals surface area contributed by atoms with Crippen LogP contribution < -0.4 is 5.32 Å². The highest BCUT2D eigenvalue weighted by Gasteiger charge is 2.30. The van der Waals surface area contributed by atoms with E-state index in [-0.39, 0.29) is 5.02 Å². The van der Waals surface area contributed by atoms with Gasteiger partial charge in [-0.2, -0.15) is 18.4 Å². The SMILES string of the molecule is N#Cc1c(Br)cccc1Nc1ccc(C(F)(F)F)cc1Cl. The first-order chi connectivity index (χ1) is 9.82. The lowest BCUT2D eigenvalue weighted by atomic mass is 10.1. The average Bonchev–Trinajstić information content (AvgIpc) is 2.40. The maximum atomic E-state index is 12.6. The van der Waals surface area contributed by atoms with Gasteiger partial charge >= 0.3 is 6.18 Å². The van der Waals surface area contributed by atoms with Crippen molar-refractivity contribution in [2.24, 2.45) is 0 Å². The highest BCUT2D eigenvalue weighted by atomic mass is 79.9. The summed E-state index contributed by atoms with van der Waals surface area (Å²) in [7, 11) is 0. The van der Waals surface area contributed by atoms with Gasteiger partial charge in [-0.3, -0.25) is 0 Å². The van der Waals surface area contributed by atoms with Crippen molar-refractivity contribution in [1.82, 2.24) is 0 Å². The minimum Gasteiger partial charge on any atom is -0.353 e. The summed E-state index contributed by atoms with van der Waals surface area (Å²) in [4.78, 5) is 0. The van der Waals surface area contributed by atoms with Gasteiger partial charge < -0.3 is 5.32 Å². The van der Waals surface area contributed by atoms with Gasteiger partial charge in [0.15, 0.2) is 0 Å². The molecule has 2 aromatic carbocycles. The van der Waals surface area contributed by atoms with Gasteiger partial charge in [-0.15, -0.1) is 0 Å². The first kappa shape index (κ1) is 15.7. The lowest BCUT2D eigenvalue weighted by Crippen LogP contribution is -2.05. The molecule has 0 aliphatic carbocycles. The predicted octanol–water partition coefficient (Wildman–Crippen LogP) is 5.74. The van der Waals surface area contributed by atoms with Crippen molar-refractivity contribution in [3.05, 3.63) is 57.0 Å². The first-order valence-corrected chi connectivity index (χ1v) is 6.82. The fourth-order valence-corrected chi connectivity index (χ4v) is 2.36. The molecule has 0 amide bonds. The van der Waals surface area contributed by atoms with E-state index in [2.05, 4.69) is 21.2 Å². The van der Waals surface area contributed by atoms with Crippen LogP contribution in [0.25, 0.3) is 0 Å². The van der Waals surface area contributed by atoms with E-state index < -0.39 is 11.7 Å². The number of halogens is 5. The largest absolute Gasteiger partial charge is 0.416 e. The van der Waals surface area contributed by atoms with E-state index in [1.807, 2.05) is 6.07 Å². The molecule has 2 rings (SSSR count). The Labute approximate surface area is 132 Å². The fourth-order valence-electron chi connectivity index (χ4n) is 1.68. The molecule has 0 atom stereocenters. The van der Waals surface area contributed by atoms with E-state index >= 15 is 0 Å². The van der Waals surface area contributed by atoms with E-state index in [1.54, 1.807) is 18.2 Å². The van der Waals surface area contributed by atoms with E-state index in [9.17, 15) is 13.2 Å². The van der Waals surface area contributed by atoms with E-state index in [1.165, 1.54) is 6.07 Å². The molecule has 0 radical (unpaired) electrons. The van der Waals surface area contributed by atoms with Crippen LogP contribution in [-0.2, 0) is 6.18 Å². The Morgan fingerprint density at radius 3 is 2.43 bits per heavy atom. The van der Waals surface area contributed by atoms with Gasteiger partial charge in [0.05, 0.1) is 27.5 Å². The maximum Gasteiger partial charge on any atom is 0.416 e. The maximum absolute atomic E-state index is 12.6. The molecule has 1 N–H and O–H groups in total. The number of benzene rings is 2. The quantitative estimate of drug-likeness (QED) is 0.727. The molecule has 7 heteroatoms. The Bertz CT molecular complexity index is 723. The van der Waals surface area contributed by atoms with Gasteiger partial charge in [0.1, 0.15) is 6.07 Å². The molecule has 21 heavy (non-hydrogen) atoms. The van der Waals surface area contributed by atoms with Crippen LogP contribution in [0.2, 0.25) is 5.02 Å². The van der Waals surface area contributed by atoms with Gasteiger partial charge in [0.25, 0.3) is 0 Å². The van der Waals surface area contributed by atoms with Crippen molar-refractivity contribution in [2.45, 2.75) is 6.18 Å². The molecule has 0 saturated carbocycles. The molecule has 2 aromatic rings. The third-order valence-corrected chi connectivity index (χ3v) is 3.66. The van der Waals surface area contributed by atoms with Gasteiger partial charge in [0.2, 0.25) is 0 Å². The predicted molar refractivity (Wildman–Crippen MR) is 78.6 cm³/mol. The summed E-state index contributed by atoms with van der Waals surface area (Å²) >= 11 is 9.10. The number of nitriles is 1. The molecule has 0 aromatic heterocycles. The van der Waals surface area contributed by atoms with Crippen LogP contribution in [0.15, 0.2) is 40.9 Å². The monoisotopic (exact) mass is 374 g/mol. The summed E-state index contributed by atoms with van der Waals surface area (Å²) in [6.45, 7) is 0. The number of hydrogen-bond donors (Lipinski definition) is 1. The molecule has 108 valence electrons. The standard InChI is InChI=1S/C14H7BrClF3N2/c15-10-2-1-3-12(9(10)7-20)21-13-5-4-8(6-11(13)16)14(17,18)19/h1-6,21H. The second-order valence-corrected chi connectivity index (χ2v) is 5.35. The molecular weight excluding hydrogens is 369 g/mol. The van der Waals surface area contributed by atoms with E-state index in [4.69, 9.17) is 16.9 Å². The smallest absolute Gasteiger partial charge is 0.353 e. The highest BCUT2D eigenvalue weighted by molar-refractivity contribution is 9.10. The third-order valence-electron chi connectivity index (χ3n) is 2.69. The zero-order valence-electron chi connectivity index (χ0n) is 10.3. The zero-order valence-corrected chi connectivity index (χ0v) is 12.6. The zero-order chi connectivity index (χ0) is 15.6. The summed E-state index contributed by atoms with van der Waals surface area (Å²) in [5.74, 6) is 0. The number of nitrogens with one attached hydrogen (secondary N) is 1. The summed E-state index contributed by atoms with van der Waals surface area (Å²) < 4.78 is 38.3. The Kier molecular flexibility index (Phi) is 4.45.